The summed E-state index contributed by atoms with van der Waals surface area (Å²) < 4.78 is 0. The zero-order chi connectivity index (χ0) is 14.3. The number of halogens is 1. The van der Waals surface area contributed by atoms with Crippen LogP contribution >= 0.6 is 24.0 Å². The standard InChI is InChI=1S/C15H32N4.HI/c1-12(2)14(4)18-15(16-5)17-8-10-19-9-6-7-13(3)11-19;/h12-14H,6-11H2,1-5H3,(H2,16,17,18);1H. The van der Waals surface area contributed by atoms with E-state index in [1.54, 1.807) is 0 Å². The summed E-state index contributed by atoms with van der Waals surface area (Å²) in [6.45, 7) is 13.6. The van der Waals surface area contributed by atoms with Gasteiger partial charge in [0.2, 0.25) is 0 Å². The molecule has 0 amide bonds. The molecule has 5 heteroatoms. The van der Waals surface area contributed by atoms with E-state index < -0.39 is 0 Å². The van der Waals surface area contributed by atoms with Gasteiger partial charge in [-0.15, -0.1) is 24.0 Å². The Morgan fingerprint density at radius 1 is 1.35 bits per heavy atom. The SMILES string of the molecule is CN=C(NCCN1CCCC(C)C1)NC(C)C(C)C.I. The van der Waals surface area contributed by atoms with Crippen molar-refractivity contribution in [1.82, 2.24) is 15.5 Å². The van der Waals surface area contributed by atoms with Crippen LogP contribution in [0.1, 0.15) is 40.5 Å². The summed E-state index contributed by atoms with van der Waals surface area (Å²) in [7, 11) is 1.84. The van der Waals surface area contributed by atoms with Crippen LogP contribution < -0.4 is 10.6 Å². The van der Waals surface area contributed by atoms with Crippen molar-refractivity contribution < 1.29 is 0 Å². The van der Waals surface area contributed by atoms with E-state index in [1.807, 2.05) is 7.05 Å². The largest absolute Gasteiger partial charge is 0.355 e. The van der Waals surface area contributed by atoms with Gasteiger partial charge in [-0.1, -0.05) is 20.8 Å². The molecule has 0 radical (unpaired) electrons. The molecule has 20 heavy (non-hydrogen) atoms. The Morgan fingerprint density at radius 2 is 2.05 bits per heavy atom. The zero-order valence-electron chi connectivity index (χ0n) is 13.8. The number of nitrogens with zero attached hydrogens (tertiary/aromatic N) is 2. The maximum atomic E-state index is 4.28. The molecule has 1 fully saturated rings. The number of aliphatic imine (C=N–C) groups is 1. The minimum Gasteiger partial charge on any atom is -0.355 e. The Bertz CT molecular complexity index is 281. The number of likely N-dealkylation sites (tertiary alicyclic amines) is 1. The van der Waals surface area contributed by atoms with Crippen molar-refractivity contribution in [1.29, 1.82) is 0 Å². The Balaban J connectivity index is 0.00000361. The van der Waals surface area contributed by atoms with Gasteiger partial charge in [-0.2, -0.15) is 0 Å². The molecule has 0 aromatic rings. The Morgan fingerprint density at radius 3 is 2.60 bits per heavy atom. The number of hydrogen-bond acceptors (Lipinski definition) is 2. The summed E-state index contributed by atoms with van der Waals surface area (Å²) in [5, 5.41) is 6.85. The zero-order valence-corrected chi connectivity index (χ0v) is 16.1. The van der Waals surface area contributed by atoms with Crippen molar-refractivity contribution in [2.45, 2.75) is 46.6 Å². The molecule has 2 unspecified atom stereocenters. The summed E-state index contributed by atoms with van der Waals surface area (Å²) in [6, 6.07) is 0.446. The average molecular weight is 396 g/mol. The van der Waals surface area contributed by atoms with Gasteiger partial charge in [-0.25, -0.2) is 0 Å². The second-order valence-corrected chi connectivity index (χ2v) is 6.22. The fraction of sp³-hybridized carbons (Fsp3) is 0.933. The Labute approximate surface area is 142 Å². The summed E-state index contributed by atoms with van der Waals surface area (Å²) in [6.07, 6.45) is 2.73. The topological polar surface area (TPSA) is 39.7 Å². The van der Waals surface area contributed by atoms with E-state index in [2.05, 4.69) is 48.2 Å². The maximum absolute atomic E-state index is 4.28. The first-order valence-electron chi connectivity index (χ1n) is 7.72. The van der Waals surface area contributed by atoms with Gasteiger partial charge in [0.15, 0.2) is 5.96 Å². The highest BCUT2D eigenvalue weighted by Crippen LogP contribution is 2.14. The lowest BCUT2D eigenvalue weighted by molar-refractivity contribution is 0.186. The van der Waals surface area contributed by atoms with Crippen LogP contribution in [0.3, 0.4) is 0 Å². The monoisotopic (exact) mass is 396 g/mol. The van der Waals surface area contributed by atoms with Gasteiger partial charge in [-0.05, 0) is 38.1 Å². The van der Waals surface area contributed by atoms with Gasteiger partial charge in [0.25, 0.3) is 0 Å². The molecule has 0 aliphatic carbocycles. The molecule has 1 rings (SSSR count). The van der Waals surface area contributed by atoms with Crippen molar-refractivity contribution in [3.63, 3.8) is 0 Å². The second-order valence-electron chi connectivity index (χ2n) is 6.22. The van der Waals surface area contributed by atoms with Gasteiger partial charge in [0.05, 0.1) is 0 Å². The summed E-state index contributed by atoms with van der Waals surface area (Å²) >= 11 is 0. The minimum atomic E-state index is 0. The molecule has 0 spiro atoms. The van der Waals surface area contributed by atoms with Crippen LogP contribution in [0.5, 0.6) is 0 Å². The third-order valence-corrected chi connectivity index (χ3v) is 4.05. The molecule has 1 heterocycles. The van der Waals surface area contributed by atoms with Gasteiger partial charge >= 0.3 is 0 Å². The Hall–Kier alpha value is -0.0400. The smallest absolute Gasteiger partial charge is 0.191 e. The number of nitrogens with one attached hydrogen (secondary N) is 2. The van der Waals surface area contributed by atoms with Gasteiger partial charge in [0, 0.05) is 32.7 Å². The van der Waals surface area contributed by atoms with Gasteiger partial charge < -0.3 is 15.5 Å². The van der Waals surface area contributed by atoms with E-state index >= 15 is 0 Å². The third-order valence-electron chi connectivity index (χ3n) is 4.05. The van der Waals surface area contributed by atoms with Crippen LogP contribution in [0.4, 0.5) is 0 Å². The quantitative estimate of drug-likeness (QED) is 0.426. The molecule has 1 saturated heterocycles. The van der Waals surface area contributed by atoms with Crippen molar-refractivity contribution in [2.24, 2.45) is 16.8 Å². The van der Waals surface area contributed by atoms with Crippen molar-refractivity contribution in [3.8, 4) is 0 Å². The summed E-state index contributed by atoms with van der Waals surface area (Å²) in [5.74, 6) is 2.39. The van der Waals surface area contributed by atoms with Crippen LogP contribution in [0.15, 0.2) is 4.99 Å². The third kappa shape index (κ3) is 7.67. The van der Waals surface area contributed by atoms with Gasteiger partial charge in [-0.3, -0.25) is 4.99 Å². The van der Waals surface area contributed by atoms with Crippen LogP contribution in [-0.2, 0) is 0 Å². The first-order valence-corrected chi connectivity index (χ1v) is 7.72. The van der Waals surface area contributed by atoms with E-state index in [1.165, 1.54) is 25.9 Å². The average Bonchev–Trinajstić information content (AvgIpc) is 2.37. The first-order chi connectivity index (χ1) is 9.02. The van der Waals surface area contributed by atoms with Crippen LogP contribution in [-0.4, -0.2) is 50.1 Å². The fourth-order valence-electron chi connectivity index (χ4n) is 2.40. The molecular weight excluding hydrogens is 363 g/mol. The van der Waals surface area contributed by atoms with Crippen LogP contribution in [0, 0.1) is 11.8 Å². The fourth-order valence-corrected chi connectivity index (χ4v) is 2.40. The number of piperidine rings is 1. The van der Waals surface area contributed by atoms with E-state index in [4.69, 9.17) is 0 Å². The molecule has 0 aromatic carbocycles. The van der Waals surface area contributed by atoms with E-state index in [9.17, 15) is 0 Å². The second kappa shape index (κ2) is 10.7. The lowest BCUT2D eigenvalue weighted by Crippen LogP contribution is -2.47. The Kier molecular flexibility index (Phi) is 10.6. The minimum absolute atomic E-state index is 0. The van der Waals surface area contributed by atoms with E-state index in [-0.39, 0.29) is 24.0 Å². The molecule has 1 aliphatic heterocycles. The lowest BCUT2D eigenvalue weighted by Gasteiger charge is -2.31. The van der Waals surface area contributed by atoms with Crippen molar-refractivity contribution >= 4 is 29.9 Å². The highest BCUT2D eigenvalue weighted by Gasteiger charge is 2.15. The van der Waals surface area contributed by atoms with Crippen LogP contribution in [0.25, 0.3) is 0 Å². The predicted octanol–water partition coefficient (Wildman–Crippen LogP) is 2.55. The molecule has 0 aromatic heterocycles. The van der Waals surface area contributed by atoms with Crippen LogP contribution in [0.2, 0.25) is 0 Å². The molecular formula is C15H33IN4. The summed E-state index contributed by atoms with van der Waals surface area (Å²) in [5.41, 5.74) is 0. The maximum Gasteiger partial charge on any atom is 0.191 e. The highest BCUT2D eigenvalue weighted by atomic mass is 127. The molecule has 0 bridgehead atoms. The van der Waals surface area contributed by atoms with Crippen molar-refractivity contribution in [2.75, 3.05) is 33.2 Å². The molecule has 2 atom stereocenters. The molecule has 1 aliphatic rings. The number of rotatable bonds is 5. The highest BCUT2D eigenvalue weighted by molar-refractivity contribution is 14.0. The molecule has 0 saturated carbocycles. The number of hydrogen-bond donors (Lipinski definition) is 2. The molecule has 2 N–H and O–H groups in total. The molecule has 4 nitrogen and oxygen atoms in total. The normalized spacial score (nSPS) is 22.3. The van der Waals surface area contributed by atoms with E-state index in [0.717, 1.165) is 25.0 Å². The number of guanidine groups is 1. The van der Waals surface area contributed by atoms with Gasteiger partial charge in [0.1, 0.15) is 0 Å². The first kappa shape index (κ1) is 20.0. The summed E-state index contributed by atoms with van der Waals surface area (Å²) in [4.78, 5) is 6.84. The van der Waals surface area contributed by atoms with Crippen molar-refractivity contribution in [3.05, 3.63) is 0 Å². The lowest BCUT2D eigenvalue weighted by atomic mass is 10.0. The molecule has 120 valence electrons. The van der Waals surface area contributed by atoms with E-state index in [0.29, 0.717) is 12.0 Å². The predicted molar refractivity (Wildman–Crippen MR) is 99.1 cm³/mol.